The number of aromatic amines is 1. The minimum atomic E-state index is -0.681. The van der Waals surface area contributed by atoms with Crippen molar-refractivity contribution < 1.29 is 13.9 Å². The molecule has 9 nitrogen and oxygen atoms in total. The number of H-pyrrole nitrogens is 1. The van der Waals surface area contributed by atoms with Crippen molar-refractivity contribution in [2.45, 2.75) is 6.54 Å². The van der Waals surface area contributed by atoms with E-state index in [1.807, 2.05) is 18.2 Å². The van der Waals surface area contributed by atoms with E-state index in [0.717, 1.165) is 10.1 Å². The Morgan fingerprint density at radius 3 is 2.73 bits per heavy atom. The van der Waals surface area contributed by atoms with Crippen LogP contribution in [-0.4, -0.2) is 26.3 Å². The second kappa shape index (κ2) is 6.99. The zero-order valence-electron chi connectivity index (χ0n) is 15.4. The number of halogens is 1. The van der Waals surface area contributed by atoms with Crippen LogP contribution in [0.2, 0.25) is 0 Å². The largest absolute Gasteiger partial charge is 0.454 e. The third-order valence-electron chi connectivity index (χ3n) is 4.62. The molecule has 4 aromatic rings. The lowest BCUT2D eigenvalue weighted by atomic mass is 10.2. The Morgan fingerprint density at radius 2 is 1.90 bits per heavy atom. The molecule has 0 amide bonds. The van der Waals surface area contributed by atoms with Crippen molar-refractivity contribution in [2.75, 3.05) is 12.1 Å². The fourth-order valence-corrected chi connectivity index (χ4v) is 3.15. The smallest absolute Gasteiger partial charge is 0.334 e. The van der Waals surface area contributed by atoms with Gasteiger partial charge in [0.25, 0.3) is 5.56 Å². The lowest BCUT2D eigenvalue weighted by Crippen LogP contribution is -2.34. The zero-order chi connectivity index (χ0) is 20.7. The molecular formula is C20H14FN5O4. The molecule has 2 aromatic heterocycles. The average Bonchev–Trinajstić information content (AvgIpc) is 3.21. The first-order valence-corrected chi connectivity index (χ1v) is 8.99. The van der Waals surface area contributed by atoms with Crippen molar-refractivity contribution in [1.82, 2.24) is 19.5 Å². The van der Waals surface area contributed by atoms with Crippen molar-refractivity contribution >= 4 is 17.0 Å². The molecule has 0 aliphatic carbocycles. The maximum atomic E-state index is 13.1. The summed E-state index contributed by atoms with van der Waals surface area (Å²) in [4.78, 5) is 36.2. The number of ether oxygens (including phenoxy) is 2. The second-order valence-electron chi connectivity index (χ2n) is 6.54. The Morgan fingerprint density at radius 1 is 1.10 bits per heavy atom. The van der Waals surface area contributed by atoms with E-state index >= 15 is 0 Å². The Labute approximate surface area is 167 Å². The Kier molecular flexibility index (Phi) is 4.16. The maximum Gasteiger partial charge on any atom is 0.334 e. The molecule has 5 rings (SSSR count). The number of aromatic nitrogens is 4. The molecule has 0 radical (unpaired) electrons. The number of hydrogen-bond acceptors (Lipinski definition) is 7. The highest BCUT2D eigenvalue weighted by atomic mass is 19.1. The standard InChI is InChI=1S/C20H14FN5O4/c21-12-2-4-13(5-3-12)26-18(27)14-9-23-19(24-17(14)25-20(26)28)22-8-11-1-6-15-16(7-11)30-10-29-15/h1-7,9H,8,10H2,(H2,22,23,24,25,28). The molecule has 2 N–H and O–H groups in total. The molecule has 150 valence electrons. The van der Waals surface area contributed by atoms with Gasteiger partial charge in [-0.1, -0.05) is 6.07 Å². The molecule has 0 saturated carbocycles. The van der Waals surface area contributed by atoms with Gasteiger partial charge in [0.15, 0.2) is 17.1 Å². The van der Waals surface area contributed by atoms with Gasteiger partial charge < -0.3 is 14.8 Å². The second-order valence-corrected chi connectivity index (χ2v) is 6.54. The third-order valence-corrected chi connectivity index (χ3v) is 4.62. The minimum absolute atomic E-state index is 0.103. The van der Waals surface area contributed by atoms with Gasteiger partial charge in [0.05, 0.1) is 5.69 Å². The Balaban J connectivity index is 1.45. The molecule has 0 bridgehead atoms. The van der Waals surface area contributed by atoms with E-state index in [4.69, 9.17) is 9.47 Å². The molecule has 0 fully saturated rings. The number of nitrogens with zero attached hydrogens (tertiary/aromatic N) is 3. The van der Waals surface area contributed by atoms with Crippen LogP contribution in [0, 0.1) is 5.82 Å². The van der Waals surface area contributed by atoms with E-state index in [0.29, 0.717) is 18.0 Å². The maximum absolute atomic E-state index is 13.1. The van der Waals surface area contributed by atoms with Gasteiger partial charge in [-0.2, -0.15) is 4.98 Å². The Hall–Kier alpha value is -4.21. The molecule has 30 heavy (non-hydrogen) atoms. The highest BCUT2D eigenvalue weighted by Crippen LogP contribution is 2.32. The highest BCUT2D eigenvalue weighted by molar-refractivity contribution is 5.73. The van der Waals surface area contributed by atoms with Gasteiger partial charge in [0.2, 0.25) is 12.7 Å². The average molecular weight is 407 g/mol. The molecular weight excluding hydrogens is 393 g/mol. The van der Waals surface area contributed by atoms with E-state index in [1.165, 1.54) is 30.5 Å². The van der Waals surface area contributed by atoms with Crippen molar-refractivity contribution in [3.8, 4) is 17.2 Å². The van der Waals surface area contributed by atoms with Gasteiger partial charge in [-0.15, -0.1) is 0 Å². The lowest BCUT2D eigenvalue weighted by molar-refractivity contribution is 0.174. The van der Waals surface area contributed by atoms with Crippen molar-refractivity contribution in [1.29, 1.82) is 0 Å². The van der Waals surface area contributed by atoms with Crippen LogP contribution in [0.3, 0.4) is 0 Å². The number of anilines is 1. The first-order chi connectivity index (χ1) is 14.6. The minimum Gasteiger partial charge on any atom is -0.454 e. The molecule has 2 aromatic carbocycles. The van der Waals surface area contributed by atoms with Crippen LogP contribution in [0.1, 0.15) is 5.56 Å². The summed E-state index contributed by atoms with van der Waals surface area (Å²) < 4.78 is 24.7. The molecule has 1 aliphatic rings. The molecule has 0 spiro atoms. The normalized spacial score (nSPS) is 12.3. The fraction of sp³-hybridized carbons (Fsp3) is 0.100. The molecule has 0 atom stereocenters. The van der Waals surface area contributed by atoms with E-state index in [9.17, 15) is 14.0 Å². The summed E-state index contributed by atoms with van der Waals surface area (Å²) in [7, 11) is 0. The zero-order valence-corrected chi connectivity index (χ0v) is 15.4. The van der Waals surface area contributed by atoms with E-state index in [-0.39, 0.29) is 29.5 Å². The van der Waals surface area contributed by atoms with Crippen LogP contribution in [0.4, 0.5) is 10.3 Å². The van der Waals surface area contributed by atoms with Gasteiger partial charge in [-0.25, -0.2) is 18.7 Å². The molecule has 0 saturated heterocycles. The summed E-state index contributed by atoms with van der Waals surface area (Å²) in [5.41, 5.74) is -0.00789. The van der Waals surface area contributed by atoms with Gasteiger partial charge in [-0.3, -0.25) is 9.78 Å². The molecule has 10 heteroatoms. The van der Waals surface area contributed by atoms with Gasteiger partial charge in [0, 0.05) is 12.7 Å². The number of rotatable bonds is 4. The van der Waals surface area contributed by atoms with Gasteiger partial charge in [-0.05, 0) is 42.0 Å². The molecule has 3 heterocycles. The van der Waals surface area contributed by atoms with E-state index in [2.05, 4.69) is 20.3 Å². The summed E-state index contributed by atoms with van der Waals surface area (Å²) in [5, 5.41) is 3.18. The van der Waals surface area contributed by atoms with Crippen LogP contribution in [0.15, 0.2) is 58.3 Å². The molecule has 1 aliphatic heterocycles. The van der Waals surface area contributed by atoms with Gasteiger partial charge in [0.1, 0.15) is 11.2 Å². The predicted molar refractivity (Wildman–Crippen MR) is 106 cm³/mol. The number of benzene rings is 2. The highest BCUT2D eigenvalue weighted by Gasteiger charge is 2.14. The number of nitrogens with one attached hydrogen (secondary N) is 2. The first-order valence-electron chi connectivity index (χ1n) is 8.99. The van der Waals surface area contributed by atoms with Crippen LogP contribution >= 0.6 is 0 Å². The van der Waals surface area contributed by atoms with Crippen LogP contribution < -0.4 is 26.0 Å². The van der Waals surface area contributed by atoms with Crippen LogP contribution in [0.5, 0.6) is 11.5 Å². The Bertz CT molecular complexity index is 1380. The number of fused-ring (bicyclic) bond motifs is 2. The summed E-state index contributed by atoms with van der Waals surface area (Å²) in [6.45, 7) is 0.599. The van der Waals surface area contributed by atoms with Crippen LogP contribution in [-0.2, 0) is 6.54 Å². The fourth-order valence-electron chi connectivity index (χ4n) is 3.15. The van der Waals surface area contributed by atoms with E-state index in [1.54, 1.807) is 0 Å². The summed E-state index contributed by atoms with van der Waals surface area (Å²) in [6.07, 6.45) is 1.34. The van der Waals surface area contributed by atoms with E-state index < -0.39 is 17.1 Å². The first kappa shape index (κ1) is 17.9. The van der Waals surface area contributed by atoms with Crippen molar-refractivity contribution in [3.63, 3.8) is 0 Å². The SMILES string of the molecule is O=c1[nH]c2nc(NCc3ccc4c(c3)OCO4)ncc2c(=O)n1-c1ccc(F)cc1. The topological polar surface area (TPSA) is 111 Å². The monoisotopic (exact) mass is 407 g/mol. The predicted octanol–water partition coefficient (Wildman–Crippen LogP) is 1.95. The third kappa shape index (κ3) is 3.13. The van der Waals surface area contributed by atoms with Crippen molar-refractivity contribution in [3.05, 3.63) is 80.9 Å². The van der Waals surface area contributed by atoms with Gasteiger partial charge >= 0.3 is 5.69 Å². The summed E-state index contributed by atoms with van der Waals surface area (Å²) in [6, 6.07) is 10.6. The quantitative estimate of drug-likeness (QED) is 0.532. The lowest BCUT2D eigenvalue weighted by Gasteiger charge is -2.08. The summed E-state index contributed by atoms with van der Waals surface area (Å²) in [5.74, 6) is 1.13. The molecule has 0 unspecified atom stereocenters. The van der Waals surface area contributed by atoms with Crippen LogP contribution in [0.25, 0.3) is 16.7 Å². The summed E-state index contributed by atoms with van der Waals surface area (Å²) >= 11 is 0. The van der Waals surface area contributed by atoms with Crippen molar-refractivity contribution in [2.24, 2.45) is 0 Å². The number of hydrogen-bond donors (Lipinski definition) is 2.